The Labute approximate surface area is 213 Å². The first-order valence-electron chi connectivity index (χ1n) is 13.3. The lowest BCUT2D eigenvalue weighted by Gasteiger charge is -2.42. The van der Waals surface area contributed by atoms with Crippen LogP contribution in [0.1, 0.15) is 30.0 Å². The molecule has 0 amide bonds. The molecular formula is C36H28. The minimum Gasteiger partial charge on any atom is -0.0617 e. The lowest BCUT2D eigenvalue weighted by atomic mass is 9.61. The Morgan fingerprint density at radius 3 is 2.42 bits per heavy atom. The molecule has 2 atom stereocenters. The molecule has 0 heteroatoms. The van der Waals surface area contributed by atoms with E-state index in [1.165, 1.54) is 72.0 Å². The molecule has 8 rings (SSSR count). The average molecular weight is 461 g/mol. The molecule has 0 radical (unpaired) electrons. The Kier molecular flexibility index (Phi) is 4.26. The molecule has 0 bridgehead atoms. The molecule has 0 aliphatic heterocycles. The van der Waals surface area contributed by atoms with E-state index in [4.69, 9.17) is 0 Å². The summed E-state index contributed by atoms with van der Waals surface area (Å²) in [5.41, 5.74) is 16.2. The van der Waals surface area contributed by atoms with E-state index >= 15 is 0 Å². The first-order chi connectivity index (χ1) is 17.8. The highest BCUT2D eigenvalue weighted by atomic mass is 14.4. The van der Waals surface area contributed by atoms with Crippen molar-refractivity contribution in [3.63, 3.8) is 0 Å². The molecule has 3 aromatic rings. The summed E-state index contributed by atoms with van der Waals surface area (Å²) in [6.07, 6.45) is 22.2. The predicted octanol–water partition coefficient (Wildman–Crippen LogP) is 8.76. The van der Waals surface area contributed by atoms with Crippen molar-refractivity contribution < 1.29 is 0 Å². The second kappa shape index (κ2) is 7.55. The number of fused-ring (bicyclic) bond motifs is 4. The third kappa shape index (κ3) is 2.82. The highest BCUT2D eigenvalue weighted by molar-refractivity contribution is 5.92. The molecule has 5 aliphatic rings. The second-order valence-electron chi connectivity index (χ2n) is 10.8. The van der Waals surface area contributed by atoms with Crippen LogP contribution in [-0.2, 0) is 12.8 Å². The highest BCUT2D eigenvalue weighted by Crippen LogP contribution is 2.52. The molecule has 0 nitrogen and oxygen atoms in total. The number of allylic oxidation sites excluding steroid dienone is 14. The lowest BCUT2D eigenvalue weighted by molar-refractivity contribution is 0.550. The predicted molar refractivity (Wildman–Crippen MR) is 151 cm³/mol. The molecular weight excluding hydrogens is 432 g/mol. The van der Waals surface area contributed by atoms with E-state index in [0.29, 0.717) is 11.8 Å². The van der Waals surface area contributed by atoms with Crippen molar-refractivity contribution in [3.8, 4) is 11.1 Å². The highest BCUT2D eigenvalue weighted by Gasteiger charge is 2.40. The van der Waals surface area contributed by atoms with Gasteiger partial charge in [0.2, 0.25) is 0 Å². The summed E-state index contributed by atoms with van der Waals surface area (Å²) in [5, 5.41) is 2.68. The van der Waals surface area contributed by atoms with Gasteiger partial charge in [0, 0.05) is 11.8 Å². The van der Waals surface area contributed by atoms with Gasteiger partial charge in [-0.05, 0) is 97.4 Å². The van der Waals surface area contributed by atoms with Crippen LogP contribution < -0.4 is 0 Å². The fourth-order valence-corrected chi connectivity index (χ4v) is 7.26. The van der Waals surface area contributed by atoms with Crippen LogP contribution in [0.25, 0.3) is 21.9 Å². The summed E-state index contributed by atoms with van der Waals surface area (Å²) in [6, 6.07) is 20.6. The Morgan fingerprint density at radius 1 is 0.722 bits per heavy atom. The van der Waals surface area contributed by atoms with Crippen molar-refractivity contribution in [2.24, 2.45) is 11.8 Å². The van der Waals surface area contributed by atoms with Gasteiger partial charge in [-0.2, -0.15) is 0 Å². The molecule has 0 N–H and O–H groups in total. The van der Waals surface area contributed by atoms with Crippen molar-refractivity contribution in [1.82, 2.24) is 0 Å². The SMILES string of the molecule is CCC1=C2C=CC3=CC=C(Cc4cccc5c4-c4cc6ccccc6cc4C5)C4=CC=C(C=C1)C2C34. The van der Waals surface area contributed by atoms with Gasteiger partial charge in [-0.3, -0.25) is 0 Å². The van der Waals surface area contributed by atoms with Gasteiger partial charge < -0.3 is 0 Å². The molecule has 0 fully saturated rings. The molecule has 36 heavy (non-hydrogen) atoms. The van der Waals surface area contributed by atoms with E-state index in [1.807, 2.05) is 0 Å². The Balaban J connectivity index is 1.23. The molecule has 172 valence electrons. The topological polar surface area (TPSA) is 0 Å². The standard InChI is InChI=1S/C36H28/c1-2-22-10-11-23-15-17-32-27(13-12-24-14-16-31(22)35(23)36(24)32)19-28-8-5-9-29-20-30-18-25-6-3-4-7-26(25)21-33(30)34(28)29/h3-18,21,35-36H,2,19-20H2,1H3. The van der Waals surface area contributed by atoms with Crippen LogP contribution in [-0.4, -0.2) is 0 Å². The molecule has 5 aliphatic carbocycles. The molecule has 2 unspecified atom stereocenters. The van der Waals surface area contributed by atoms with Crippen LogP contribution in [0.2, 0.25) is 0 Å². The van der Waals surface area contributed by atoms with Crippen LogP contribution in [0, 0.1) is 11.8 Å². The summed E-state index contributed by atoms with van der Waals surface area (Å²) in [6.45, 7) is 2.28. The third-order valence-corrected chi connectivity index (χ3v) is 8.95. The smallest absolute Gasteiger partial charge is 0.0202 e. The summed E-state index contributed by atoms with van der Waals surface area (Å²) < 4.78 is 0. The van der Waals surface area contributed by atoms with Crippen molar-refractivity contribution in [1.29, 1.82) is 0 Å². The van der Waals surface area contributed by atoms with Crippen LogP contribution in [0.15, 0.2) is 137 Å². The third-order valence-electron chi connectivity index (χ3n) is 8.95. The zero-order chi connectivity index (χ0) is 23.8. The van der Waals surface area contributed by atoms with Gasteiger partial charge in [-0.15, -0.1) is 0 Å². The second-order valence-corrected chi connectivity index (χ2v) is 10.8. The largest absolute Gasteiger partial charge is 0.0617 e. The van der Waals surface area contributed by atoms with Gasteiger partial charge in [0.15, 0.2) is 0 Å². The van der Waals surface area contributed by atoms with E-state index in [9.17, 15) is 0 Å². The summed E-state index contributed by atoms with van der Waals surface area (Å²) >= 11 is 0. The summed E-state index contributed by atoms with van der Waals surface area (Å²) in [5.74, 6) is 0.919. The van der Waals surface area contributed by atoms with Crippen molar-refractivity contribution in [3.05, 3.63) is 153 Å². The minimum absolute atomic E-state index is 0.449. The molecule has 0 saturated heterocycles. The minimum atomic E-state index is 0.449. The van der Waals surface area contributed by atoms with Gasteiger partial charge in [0.05, 0.1) is 0 Å². The monoisotopic (exact) mass is 460 g/mol. The van der Waals surface area contributed by atoms with E-state index in [2.05, 4.69) is 110 Å². The Morgan fingerprint density at radius 2 is 1.53 bits per heavy atom. The number of rotatable bonds is 3. The van der Waals surface area contributed by atoms with Gasteiger partial charge >= 0.3 is 0 Å². The fourth-order valence-electron chi connectivity index (χ4n) is 7.26. The van der Waals surface area contributed by atoms with Crippen molar-refractivity contribution >= 4 is 10.8 Å². The Bertz CT molecular complexity index is 1710. The van der Waals surface area contributed by atoms with E-state index in [1.54, 1.807) is 0 Å². The first-order valence-corrected chi connectivity index (χ1v) is 13.3. The zero-order valence-corrected chi connectivity index (χ0v) is 20.6. The molecule has 0 saturated carbocycles. The summed E-state index contributed by atoms with van der Waals surface area (Å²) in [7, 11) is 0. The van der Waals surface area contributed by atoms with E-state index in [0.717, 1.165) is 19.3 Å². The van der Waals surface area contributed by atoms with E-state index in [-0.39, 0.29) is 0 Å². The van der Waals surface area contributed by atoms with Gasteiger partial charge in [0.1, 0.15) is 0 Å². The van der Waals surface area contributed by atoms with Crippen molar-refractivity contribution in [2.75, 3.05) is 0 Å². The van der Waals surface area contributed by atoms with Gasteiger partial charge in [-0.1, -0.05) is 104 Å². The first kappa shape index (κ1) is 20.3. The normalized spacial score (nSPS) is 22.5. The maximum Gasteiger partial charge on any atom is 0.0202 e. The van der Waals surface area contributed by atoms with E-state index < -0.39 is 0 Å². The molecule has 0 spiro atoms. The average Bonchev–Trinajstić information content (AvgIpc) is 3.29. The maximum atomic E-state index is 2.42. The van der Waals surface area contributed by atoms with Crippen LogP contribution in [0.3, 0.4) is 0 Å². The number of benzene rings is 3. The fraction of sp³-hybridized carbons (Fsp3) is 0.167. The van der Waals surface area contributed by atoms with Crippen LogP contribution in [0.4, 0.5) is 0 Å². The van der Waals surface area contributed by atoms with Gasteiger partial charge in [-0.25, -0.2) is 0 Å². The Hall–Kier alpha value is -3.90. The summed E-state index contributed by atoms with van der Waals surface area (Å²) in [4.78, 5) is 0. The molecule has 0 aromatic heterocycles. The zero-order valence-electron chi connectivity index (χ0n) is 20.6. The van der Waals surface area contributed by atoms with Gasteiger partial charge in [0.25, 0.3) is 0 Å². The number of hydrogen-bond donors (Lipinski definition) is 0. The van der Waals surface area contributed by atoms with Crippen LogP contribution >= 0.6 is 0 Å². The lowest BCUT2D eigenvalue weighted by Crippen LogP contribution is -2.30. The van der Waals surface area contributed by atoms with Crippen molar-refractivity contribution in [2.45, 2.75) is 26.2 Å². The number of hydrogen-bond acceptors (Lipinski definition) is 0. The molecule has 3 aromatic carbocycles. The quantitative estimate of drug-likeness (QED) is 0.287. The maximum absolute atomic E-state index is 2.42. The van der Waals surface area contributed by atoms with Crippen LogP contribution in [0.5, 0.6) is 0 Å². The molecule has 0 heterocycles.